The Kier molecular flexibility index (Phi) is 5.14. The average Bonchev–Trinajstić information content (AvgIpc) is 2.75. The molecule has 138 valence electrons. The summed E-state index contributed by atoms with van der Waals surface area (Å²) in [4.78, 5) is 18.2. The van der Waals surface area contributed by atoms with Crippen LogP contribution in [-0.2, 0) is 0 Å². The summed E-state index contributed by atoms with van der Waals surface area (Å²) in [6.07, 6.45) is 3.67. The van der Waals surface area contributed by atoms with E-state index < -0.39 is 0 Å². The van der Waals surface area contributed by atoms with E-state index >= 15 is 0 Å². The maximum atomic E-state index is 4.73. The fourth-order valence-electron chi connectivity index (χ4n) is 3.32. The van der Waals surface area contributed by atoms with Gasteiger partial charge in [0.15, 0.2) is 0 Å². The van der Waals surface area contributed by atoms with Crippen LogP contribution in [0.2, 0.25) is 0 Å². The highest BCUT2D eigenvalue weighted by molar-refractivity contribution is 5.47. The highest BCUT2D eigenvalue weighted by atomic mass is 15.3. The molecule has 0 bridgehead atoms. The fraction of sp³-hybridized carbons (Fsp3) is 0.286. The summed E-state index contributed by atoms with van der Waals surface area (Å²) in [7, 11) is 0. The smallest absolute Gasteiger partial charge is 0.225 e. The van der Waals surface area contributed by atoms with Gasteiger partial charge in [0.2, 0.25) is 5.95 Å². The van der Waals surface area contributed by atoms with Gasteiger partial charge in [-0.25, -0.2) is 9.97 Å². The lowest BCUT2D eigenvalue weighted by molar-refractivity contribution is 0.641. The van der Waals surface area contributed by atoms with Gasteiger partial charge in [-0.05, 0) is 30.7 Å². The SMILES string of the molecule is CC(Nc1nccc(N2CCN(c3ccccn3)CC2)n1)c1ccccc1. The zero-order valence-corrected chi connectivity index (χ0v) is 15.5. The third-order valence-electron chi connectivity index (χ3n) is 4.86. The molecule has 1 aliphatic rings. The normalized spacial score (nSPS) is 15.4. The number of piperazine rings is 1. The van der Waals surface area contributed by atoms with Crippen LogP contribution in [0.5, 0.6) is 0 Å². The minimum atomic E-state index is 0.155. The third kappa shape index (κ3) is 4.16. The fourth-order valence-corrected chi connectivity index (χ4v) is 3.32. The first-order valence-corrected chi connectivity index (χ1v) is 9.35. The summed E-state index contributed by atoms with van der Waals surface area (Å²) < 4.78 is 0. The number of nitrogens with one attached hydrogen (secondary N) is 1. The minimum absolute atomic E-state index is 0.155. The molecule has 2 aromatic heterocycles. The Morgan fingerprint density at radius 3 is 2.19 bits per heavy atom. The molecule has 1 saturated heterocycles. The van der Waals surface area contributed by atoms with Crippen molar-refractivity contribution < 1.29 is 0 Å². The minimum Gasteiger partial charge on any atom is -0.353 e. The van der Waals surface area contributed by atoms with E-state index in [-0.39, 0.29) is 6.04 Å². The topological polar surface area (TPSA) is 57.2 Å². The summed E-state index contributed by atoms with van der Waals surface area (Å²) >= 11 is 0. The lowest BCUT2D eigenvalue weighted by Gasteiger charge is -2.36. The standard InChI is InChI=1S/C21H24N6/c1-17(18-7-3-2-4-8-18)24-21-23-12-10-20(25-21)27-15-13-26(14-16-27)19-9-5-6-11-22-19/h2-12,17H,13-16H2,1H3,(H,23,24,25). The highest BCUT2D eigenvalue weighted by Crippen LogP contribution is 2.20. The first-order chi connectivity index (χ1) is 13.3. The lowest BCUT2D eigenvalue weighted by Crippen LogP contribution is -2.47. The predicted molar refractivity (Wildman–Crippen MR) is 109 cm³/mol. The summed E-state index contributed by atoms with van der Waals surface area (Å²) in [5.41, 5.74) is 1.22. The summed E-state index contributed by atoms with van der Waals surface area (Å²) in [5, 5.41) is 3.40. The van der Waals surface area contributed by atoms with Crippen molar-refractivity contribution >= 4 is 17.6 Å². The van der Waals surface area contributed by atoms with Crippen molar-refractivity contribution in [2.75, 3.05) is 41.3 Å². The Bertz CT molecular complexity index is 847. The van der Waals surface area contributed by atoms with Crippen LogP contribution in [-0.4, -0.2) is 41.1 Å². The Balaban J connectivity index is 1.40. The summed E-state index contributed by atoms with van der Waals surface area (Å²) in [6.45, 7) is 5.83. The van der Waals surface area contributed by atoms with Gasteiger partial charge in [-0.2, -0.15) is 4.98 Å². The van der Waals surface area contributed by atoms with E-state index in [4.69, 9.17) is 4.98 Å². The molecular weight excluding hydrogens is 336 g/mol. The van der Waals surface area contributed by atoms with Crippen molar-refractivity contribution in [2.24, 2.45) is 0 Å². The molecule has 0 amide bonds. The van der Waals surface area contributed by atoms with Crippen molar-refractivity contribution in [1.82, 2.24) is 15.0 Å². The molecule has 1 aliphatic heterocycles. The van der Waals surface area contributed by atoms with E-state index in [1.807, 2.05) is 48.8 Å². The van der Waals surface area contributed by atoms with E-state index in [0.29, 0.717) is 5.95 Å². The van der Waals surface area contributed by atoms with Crippen LogP contribution in [0.3, 0.4) is 0 Å². The molecule has 4 rings (SSSR count). The monoisotopic (exact) mass is 360 g/mol. The van der Waals surface area contributed by atoms with Crippen LogP contribution in [0.4, 0.5) is 17.6 Å². The lowest BCUT2D eigenvalue weighted by atomic mass is 10.1. The van der Waals surface area contributed by atoms with Gasteiger partial charge in [-0.1, -0.05) is 36.4 Å². The average molecular weight is 360 g/mol. The first-order valence-electron chi connectivity index (χ1n) is 9.35. The second-order valence-corrected chi connectivity index (χ2v) is 6.68. The van der Waals surface area contributed by atoms with Crippen LogP contribution in [0.25, 0.3) is 0 Å². The van der Waals surface area contributed by atoms with Crippen LogP contribution in [0, 0.1) is 0 Å². The summed E-state index contributed by atoms with van der Waals surface area (Å²) in [6, 6.07) is 18.5. The predicted octanol–water partition coefficient (Wildman–Crippen LogP) is 3.37. The van der Waals surface area contributed by atoms with E-state index in [1.54, 1.807) is 0 Å². The molecular formula is C21H24N6. The Labute approximate surface area is 159 Å². The van der Waals surface area contributed by atoms with Crippen molar-refractivity contribution in [3.63, 3.8) is 0 Å². The molecule has 0 aliphatic carbocycles. The van der Waals surface area contributed by atoms with Crippen molar-refractivity contribution in [1.29, 1.82) is 0 Å². The number of nitrogens with zero attached hydrogens (tertiary/aromatic N) is 5. The van der Waals surface area contributed by atoms with Gasteiger partial charge in [0, 0.05) is 38.6 Å². The van der Waals surface area contributed by atoms with Gasteiger partial charge >= 0.3 is 0 Å². The van der Waals surface area contributed by atoms with Crippen LogP contribution in [0.1, 0.15) is 18.5 Å². The number of anilines is 3. The maximum Gasteiger partial charge on any atom is 0.225 e. The van der Waals surface area contributed by atoms with Gasteiger partial charge in [-0.3, -0.25) is 0 Å². The van der Waals surface area contributed by atoms with E-state index in [2.05, 4.69) is 50.2 Å². The van der Waals surface area contributed by atoms with E-state index in [1.165, 1.54) is 5.56 Å². The molecule has 0 radical (unpaired) electrons. The van der Waals surface area contributed by atoms with Crippen LogP contribution in [0.15, 0.2) is 67.0 Å². The molecule has 1 aromatic carbocycles. The Morgan fingerprint density at radius 2 is 1.48 bits per heavy atom. The van der Waals surface area contributed by atoms with Crippen LogP contribution < -0.4 is 15.1 Å². The molecule has 0 saturated carbocycles. The molecule has 3 heterocycles. The number of aromatic nitrogens is 3. The molecule has 6 heteroatoms. The molecule has 6 nitrogen and oxygen atoms in total. The molecule has 1 unspecified atom stereocenters. The zero-order chi connectivity index (χ0) is 18.5. The van der Waals surface area contributed by atoms with E-state index in [9.17, 15) is 0 Å². The second-order valence-electron chi connectivity index (χ2n) is 6.68. The van der Waals surface area contributed by atoms with Gasteiger partial charge in [0.25, 0.3) is 0 Å². The van der Waals surface area contributed by atoms with E-state index in [0.717, 1.165) is 37.8 Å². The molecule has 27 heavy (non-hydrogen) atoms. The maximum absolute atomic E-state index is 4.73. The number of hydrogen-bond acceptors (Lipinski definition) is 6. The van der Waals surface area contributed by atoms with Gasteiger partial charge in [0.05, 0.1) is 6.04 Å². The quantitative estimate of drug-likeness (QED) is 0.753. The zero-order valence-electron chi connectivity index (χ0n) is 15.5. The third-order valence-corrected chi connectivity index (χ3v) is 4.86. The highest BCUT2D eigenvalue weighted by Gasteiger charge is 2.19. The molecule has 1 atom stereocenters. The second kappa shape index (κ2) is 8.03. The van der Waals surface area contributed by atoms with Crippen LogP contribution >= 0.6 is 0 Å². The van der Waals surface area contributed by atoms with Gasteiger partial charge in [0.1, 0.15) is 11.6 Å². The molecule has 1 fully saturated rings. The number of pyridine rings is 1. The molecule has 0 spiro atoms. The largest absolute Gasteiger partial charge is 0.353 e. The summed E-state index contributed by atoms with van der Waals surface area (Å²) in [5.74, 6) is 2.67. The van der Waals surface area contributed by atoms with Gasteiger partial charge in [-0.15, -0.1) is 0 Å². The molecule has 1 N–H and O–H groups in total. The Morgan fingerprint density at radius 1 is 0.778 bits per heavy atom. The van der Waals surface area contributed by atoms with Gasteiger partial charge < -0.3 is 15.1 Å². The number of rotatable bonds is 5. The number of benzene rings is 1. The van der Waals surface area contributed by atoms with Crippen molar-refractivity contribution in [3.8, 4) is 0 Å². The first kappa shape index (κ1) is 17.3. The van der Waals surface area contributed by atoms with Crippen molar-refractivity contribution in [2.45, 2.75) is 13.0 Å². The molecule has 3 aromatic rings. The van der Waals surface area contributed by atoms with Crippen molar-refractivity contribution in [3.05, 3.63) is 72.6 Å². The Hall–Kier alpha value is -3.15. The number of hydrogen-bond donors (Lipinski definition) is 1.